The summed E-state index contributed by atoms with van der Waals surface area (Å²) in [6.07, 6.45) is 6.08. The second-order valence-electron chi connectivity index (χ2n) is 6.96. The van der Waals surface area contributed by atoms with Crippen LogP contribution in [0.4, 0.5) is 5.82 Å². The van der Waals surface area contributed by atoms with Gasteiger partial charge in [-0.2, -0.15) is 0 Å². The normalized spacial score (nSPS) is 17.6. The minimum atomic E-state index is 0.0718. The highest BCUT2D eigenvalue weighted by atomic mass is 16.3. The Balaban J connectivity index is 1.49. The fourth-order valence-electron chi connectivity index (χ4n) is 3.72. The third-order valence-electron chi connectivity index (χ3n) is 4.98. The van der Waals surface area contributed by atoms with Gasteiger partial charge in [0.05, 0.1) is 5.69 Å². The van der Waals surface area contributed by atoms with Crippen LogP contribution in [0.2, 0.25) is 0 Å². The predicted molar refractivity (Wildman–Crippen MR) is 99.7 cm³/mol. The summed E-state index contributed by atoms with van der Waals surface area (Å²) in [4.78, 5) is 23.3. The second kappa shape index (κ2) is 6.78. The Bertz CT molecular complexity index is 950. The molecular weight excluding hydrogens is 328 g/mol. The fourth-order valence-corrected chi connectivity index (χ4v) is 3.72. The van der Waals surface area contributed by atoms with E-state index in [1.165, 1.54) is 0 Å². The molecule has 6 heteroatoms. The van der Waals surface area contributed by atoms with E-state index >= 15 is 0 Å². The number of anilines is 1. The van der Waals surface area contributed by atoms with Crippen molar-refractivity contribution in [2.24, 2.45) is 5.92 Å². The van der Waals surface area contributed by atoms with Crippen LogP contribution in [0.1, 0.15) is 34.7 Å². The maximum absolute atomic E-state index is 13.0. The zero-order valence-electron chi connectivity index (χ0n) is 14.8. The molecule has 0 saturated carbocycles. The highest BCUT2D eigenvalue weighted by Gasteiger charge is 2.25. The lowest BCUT2D eigenvalue weighted by atomic mass is 9.92. The molecule has 1 fully saturated rings. The number of carbonyl (C=O) groups is 1. The number of nitrogens with two attached hydrogens (primary N) is 1. The number of carbonyl (C=O) groups excluding carboxylic acids is 1. The second-order valence-corrected chi connectivity index (χ2v) is 6.96. The summed E-state index contributed by atoms with van der Waals surface area (Å²) in [7, 11) is 0. The summed E-state index contributed by atoms with van der Waals surface area (Å²) < 4.78 is 5.59. The first-order chi connectivity index (χ1) is 12.6. The molecule has 0 aliphatic carbocycles. The lowest BCUT2D eigenvalue weighted by molar-refractivity contribution is 0.0673. The van der Waals surface area contributed by atoms with E-state index in [0.29, 0.717) is 17.3 Å². The van der Waals surface area contributed by atoms with E-state index in [-0.39, 0.29) is 5.91 Å². The number of amides is 1. The van der Waals surface area contributed by atoms with Crippen LogP contribution >= 0.6 is 0 Å². The zero-order chi connectivity index (χ0) is 18.1. The molecule has 6 nitrogen and oxygen atoms in total. The van der Waals surface area contributed by atoms with Gasteiger partial charge in [0.2, 0.25) is 0 Å². The van der Waals surface area contributed by atoms with Crippen molar-refractivity contribution in [3.05, 3.63) is 53.7 Å². The average molecular weight is 350 g/mol. The van der Waals surface area contributed by atoms with Crippen molar-refractivity contribution in [2.45, 2.75) is 26.2 Å². The van der Waals surface area contributed by atoms with Gasteiger partial charge in [0, 0.05) is 36.4 Å². The van der Waals surface area contributed by atoms with Gasteiger partial charge in [-0.3, -0.25) is 9.78 Å². The molecule has 1 aromatic carbocycles. The number of hydrogen-bond donors (Lipinski definition) is 1. The number of hydrogen-bond acceptors (Lipinski definition) is 5. The number of nitrogen functional groups attached to an aromatic ring is 1. The van der Waals surface area contributed by atoms with Gasteiger partial charge in [-0.1, -0.05) is 0 Å². The van der Waals surface area contributed by atoms with Crippen LogP contribution in [-0.4, -0.2) is 33.9 Å². The molecule has 1 aliphatic rings. The van der Waals surface area contributed by atoms with E-state index in [4.69, 9.17) is 10.2 Å². The third kappa shape index (κ3) is 3.27. The molecule has 4 rings (SSSR count). The van der Waals surface area contributed by atoms with Crippen molar-refractivity contribution < 1.29 is 9.21 Å². The Hall–Kier alpha value is -2.89. The SMILES string of the molecule is Cc1cc2cc(C(=O)N3CCC[C@H](Cc4nccnc4N)C3)ccc2o1. The van der Waals surface area contributed by atoms with Crippen molar-refractivity contribution in [1.29, 1.82) is 0 Å². The number of aromatic nitrogens is 2. The van der Waals surface area contributed by atoms with Crippen LogP contribution in [0.15, 0.2) is 41.1 Å². The Labute approximate surface area is 152 Å². The van der Waals surface area contributed by atoms with Gasteiger partial charge < -0.3 is 15.1 Å². The van der Waals surface area contributed by atoms with Crippen molar-refractivity contribution in [2.75, 3.05) is 18.8 Å². The van der Waals surface area contributed by atoms with Crippen LogP contribution in [0, 0.1) is 12.8 Å². The standard InChI is InChI=1S/C20H22N4O2/c1-13-9-16-11-15(4-5-18(16)26-13)20(25)24-8-2-3-14(12-24)10-17-19(21)23-7-6-22-17/h4-7,9,11,14H,2-3,8,10,12H2,1H3,(H2,21,23)/t14-/m1/s1. The Kier molecular flexibility index (Phi) is 4.32. The number of benzene rings is 1. The first-order valence-corrected chi connectivity index (χ1v) is 8.95. The number of likely N-dealkylation sites (tertiary alicyclic amines) is 1. The molecule has 26 heavy (non-hydrogen) atoms. The molecule has 0 radical (unpaired) electrons. The number of aryl methyl sites for hydroxylation is 1. The van der Waals surface area contributed by atoms with E-state index < -0.39 is 0 Å². The van der Waals surface area contributed by atoms with Crippen LogP contribution in [0.5, 0.6) is 0 Å². The molecule has 2 N–H and O–H groups in total. The van der Waals surface area contributed by atoms with Gasteiger partial charge in [-0.15, -0.1) is 0 Å². The number of furan rings is 1. The number of fused-ring (bicyclic) bond motifs is 1. The van der Waals surface area contributed by atoms with Crippen LogP contribution in [0.25, 0.3) is 11.0 Å². The Morgan fingerprint density at radius 2 is 2.15 bits per heavy atom. The molecule has 0 bridgehead atoms. The van der Waals surface area contributed by atoms with E-state index in [0.717, 1.165) is 54.8 Å². The molecular formula is C20H22N4O2. The molecule has 3 heterocycles. The lowest BCUT2D eigenvalue weighted by Crippen LogP contribution is -2.40. The molecule has 1 aliphatic heterocycles. The summed E-state index contributed by atoms with van der Waals surface area (Å²) in [5.41, 5.74) is 8.26. The summed E-state index contributed by atoms with van der Waals surface area (Å²) in [5, 5.41) is 0.967. The minimum absolute atomic E-state index is 0.0718. The van der Waals surface area contributed by atoms with Gasteiger partial charge in [0.1, 0.15) is 17.2 Å². The van der Waals surface area contributed by atoms with Gasteiger partial charge in [0.25, 0.3) is 5.91 Å². The van der Waals surface area contributed by atoms with Crippen molar-refractivity contribution in [3.63, 3.8) is 0 Å². The molecule has 1 atom stereocenters. The monoisotopic (exact) mass is 350 g/mol. The summed E-state index contributed by atoms with van der Waals surface area (Å²) in [6.45, 7) is 3.42. The summed E-state index contributed by atoms with van der Waals surface area (Å²) in [6, 6.07) is 7.59. The summed E-state index contributed by atoms with van der Waals surface area (Å²) >= 11 is 0. The first-order valence-electron chi connectivity index (χ1n) is 8.95. The fraction of sp³-hybridized carbons (Fsp3) is 0.350. The average Bonchev–Trinajstić information content (AvgIpc) is 3.02. The number of nitrogens with zero attached hydrogens (tertiary/aromatic N) is 3. The van der Waals surface area contributed by atoms with Gasteiger partial charge in [-0.25, -0.2) is 4.98 Å². The maximum Gasteiger partial charge on any atom is 0.253 e. The molecule has 1 saturated heterocycles. The smallest absolute Gasteiger partial charge is 0.253 e. The van der Waals surface area contributed by atoms with Crippen molar-refractivity contribution in [1.82, 2.24) is 14.9 Å². The number of piperidine rings is 1. The summed E-state index contributed by atoms with van der Waals surface area (Å²) in [5.74, 6) is 1.76. The quantitative estimate of drug-likeness (QED) is 0.784. The largest absolute Gasteiger partial charge is 0.461 e. The van der Waals surface area contributed by atoms with Gasteiger partial charge in [0.15, 0.2) is 0 Å². The van der Waals surface area contributed by atoms with Crippen molar-refractivity contribution >= 4 is 22.7 Å². The Morgan fingerprint density at radius 1 is 1.31 bits per heavy atom. The molecule has 134 valence electrons. The van der Waals surface area contributed by atoms with E-state index in [1.807, 2.05) is 36.1 Å². The molecule has 2 aromatic heterocycles. The molecule has 0 spiro atoms. The topological polar surface area (TPSA) is 85.2 Å². The maximum atomic E-state index is 13.0. The molecule has 3 aromatic rings. The van der Waals surface area contributed by atoms with Gasteiger partial charge in [-0.05, 0) is 56.4 Å². The Morgan fingerprint density at radius 3 is 3.00 bits per heavy atom. The first kappa shape index (κ1) is 16.6. The number of rotatable bonds is 3. The highest BCUT2D eigenvalue weighted by Crippen LogP contribution is 2.25. The predicted octanol–water partition coefficient (Wildman–Crippen LogP) is 3.21. The molecule has 0 unspecified atom stereocenters. The zero-order valence-corrected chi connectivity index (χ0v) is 14.8. The van der Waals surface area contributed by atoms with E-state index in [2.05, 4.69) is 9.97 Å². The van der Waals surface area contributed by atoms with E-state index in [1.54, 1.807) is 12.4 Å². The van der Waals surface area contributed by atoms with Crippen LogP contribution < -0.4 is 5.73 Å². The van der Waals surface area contributed by atoms with Gasteiger partial charge >= 0.3 is 0 Å². The van der Waals surface area contributed by atoms with Crippen molar-refractivity contribution in [3.8, 4) is 0 Å². The third-order valence-corrected chi connectivity index (χ3v) is 4.98. The van der Waals surface area contributed by atoms with Crippen LogP contribution in [-0.2, 0) is 6.42 Å². The lowest BCUT2D eigenvalue weighted by Gasteiger charge is -2.33. The highest BCUT2D eigenvalue weighted by molar-refractivity contribution is 5.97. The van der Waals surface area contributed by atoms with E-state index in [9.17, 15) is 4.79 Å². The minimum Gasteiger partial charge on any atom is -0.461 e. The molecule has 1 amide bonds. The van der Waals surface area contributed by atoms with Crippen LogP contribution in [0.3, 0.4) is 0 Å².